The zero-order valence-corrected chi connectivity index (χ0v) is 21.8. The molecule has 6 nitrogen and oxygen atoms in total. The van der Waals surface area contributed by atoms with Crippen molar-refractivity contribution in [2.75, 3.05) is 29.9 Å². The van der Waals surface area contributed by atoms with Gasteiger partial charge in [0.25, 0.3) is 0 Å². The molecule has 1 saturated heterocycles. The molecule has 2 aliphatic rings. The van der Waals surface area contributed by atoms with Gasteiger partial charge >= 0.3 is 6.03 Å². The van der Waals surface area contributed by atoms with Crippen molar-refractivity contribution < 1.29 is 27.6 Å². The van der Waals surface area contributed by atoms with E-state index in [0.29, 0.717) is 37.1 Å². The Kier molecular flexibility index (Phi) is 8.13. The molecule has 1 saturated carbocycles. The van der Waals surface area contributed by atoms with Crippen LogP contribution in [0.4, 0.5) is 29.3 Å². The quantitative estimate of drug-likeness (QED) is 0.458. The van der Waals surface area contributed by atoms with Crippen LogP contribution in [-0.4, -0.2) is 54.7 Å². The number of carbonyl (C=O) groups is 3. The summed E-state index contributed by atoms with van der Waals surface area (Å²) in [5.41, 5.74) is 0.109. The maximum atomic E-state index is 14.3. The third kappa shape index (κ3) is 6.03. The lowest BCUT2D eigenvalue weighted by Gasteiger charge is -2.43. The van der Waals surface area contributed by atoms with E-state index in [1.54, 1.807) is 42.3 Å². The number of urea groups is 1. The number of hydrogen-bond acceptors (Lipinski definition) is 3. The number of ketones is 1. The molecule has 2 aromatic carbocycles. The summed E-state index contributed by atoms with van der Waals surface area (Å²) < 4.78 is 41.9. The smallest absolute Gasteiger partial charge is 0.324 e. The van der Waals surface area contributed by atoms with E-state index in [2.05, 4.69) is 0 Å². The fraction of sp³-hybridized carbons (Fsp3) is 0.483. The Balaban J connectivity index is 1.49. The first kappa shape index (κ1) is 27.7. The van der Waals surface area contributed by atoms with Crippen molar-refractivity contribution in [3.63, 3.8) is 0 Å². The molecule has 38 heavy (non-hydrogen) atoms. The van der Waals surface area contributed by atoms with Crippen LogP contribution in [0.5, 0.6) is 0 Å². The fourth-order valence-corrected chi connectivity index (χ4v) is 5.65. The number of rotatable bonds is 6. The largest absolute Gasteiger partial charge is 0.324 e. The number of halogens is 3. The second-order valence-corrected chi connectivity index (χ2v) is 10.5. The lowest BCUT2D eigenvalue weighted by Crippen LogP contribution is -2.52. The minimum Gasteiger partial charge on any atom is -0.324 e. The Labute approximate surface area is 221 Å². The SMILES string of the molecule is CC(=O)C1(CC(=O)N(c2ccccc2)C2CCCC(F)(F)C2)CCN(C(=O)N(C)c2ccc(F)cc2)CC1. The molecule has 1 aliphatic carbocycles. The zero-order chi connectivity index (χ0) is 27.5. The van der Waals surface area contributed by atoms with Gasteiger partial charge in [0.1, 0.15) is 11.6 Å². The van der Waals surface area contributed by atoms with Crippen molar-refractivity contribution in [2.45, 2.75) is 63.8 Å². The van der Waals surface area contributed by atoms with Gasteiger partial charge in [0, 0.05) is 62.2 Å². The van der Waals surface area contributed by atoms with Gasteiger partial charge in [-0.15, -0.1) is 0 Å². The van der Waals surface area contributed by atoms with E-state index in [9.17, 15) is 27.6 Å². The Bertz CT molecular complexity index is 1150. The topological polar surface area (TPSA) is 60.9 Å². The highest BCUT2D eigenvalue weighted by molar-refractivity contribution is 5.98. The van der Waals surface area contributed by atoms with Crippen LogP contribution < -0.4 is 9.80 Å². The van der Waals surface area contributed by atoms with Crippen LogP contribution in [0.2, 0.25) is 0 Å². The molecule has 204 valence electrons. The number of benzene rings is 2. The van der Waals surface area contributed by atoms with Crippen LogP contribution in [-0.2, 0) is 9.59 Å². The summed E-state index contributed by atoms with van der Waals surface area (Å²) in [6.07, 6.45) is 0.689. The molecule has 0 aromatic heterocycles. The second kappa shape index (κ2) is 11.2. The van der Waals surface area contributed by atoms with Crippen LogP contribution >= 0.6 is 0 Å². The van der Waals surface area contributed by atoms with E-state index in [-0.39, 0.29) is 43.7 Å². The molecule has 1 atom stereocenters. The number of amides is 3. The summed E-state index contributed by atoms with van der Waals surface area (Å²) >= 11 is 0. The van der Waals surface area contributed by atoms with Crippen LogP contribution in [0.25, 0.3) is 0 Å². The van der Waals surface area contributed by atoms with Crippen molar-refractivity contribution >= 4 is 29.1 Å². The van der Waals surface area contributed by atoms with Crippen molar-refractivity contribution in [1.82, 2.24) is 4.90 Å². The maximum absolute atomic E-state index is 14.3. The highest BCUT2D eigenvalue weighted by Gasteiger charge is 2.45. The summed E-state index contributed by atoms with van der Waals surface area (Å²) in [6.45, 7) is 1.99. The van der Waals surface area contributed by atoms with Gasteiger partial charge in [-0.3, -0.25) is 14.5 Å². The van der Waals surface area contributed by atoms with Crippen molar-refractivity contribution in [3.05, 3.63) is 60.4 Å². The number of carbonyl (C=O) groups excluding carboxylic acids is 3. The highest BCUT2D eigenvalue weighted by atomic mass is 19.3. The average Bonchev–Trinajstić information content (AvgIpc) is 2.89. The molecule has 1 aliphatic heterocycles. The first-order valence-corrected chi connectivity index (χ1v) is 13.1. The van der Waals surface area contributed by atoms with Gasteiger partial charge in [0.2, 0.25) is 11.8 Å². The molecule has 3 amide bonds. The summed E-state index contributed by atoms with van der Waals surface area (Å²) in [6, 6.07) is 13.5. The second-order valence-electron chi connectivity index (χ2n) is 10.5. The number of Topliss-reactive ketones (excluding diaryl/α,β-unsaturated/α-hetero) is 1. The Morgan fingerprint density at radius 2 is 1.58 bits per heavy atom. The third-order valence-electron chi connectivity index (χ3n) is 8.01. The van der Waals surface area contributed by atoms with Crippen molar-refractivity contribution in [3.8, 4) is 0 Å². The Morgan fingerprint density at radius 1 is 0.947 bits per heavy atom. The van der Waals surface area contributed by atoms with Gasteiger partial charge < -0.3 is 9.80 Å². The summed E-state index contributed by atoms with van der Waals surface area (Å²) in [5.74, 6) is -3.73. The monoisotopic (exact) mass is 529 g/mol. The number of hydrogen-bond donors (Lipinski definition) is 0. The molecule has 4 rings (SSSR count). The van der Waals surface area contributed by atoms with E-state index < -0.39 is 29.6 Å². The molecule has 2 fully saturated rings. The van der Waals surface area contributed by atoms with Crippen LogP contribution in [0.1, 0.15) is 51.9 Å². The average molecular weight is 530 g/mol. The number of alkyl halides is 2. The zero-order valence-electron chi connectivity index (χ0n) is 21.8. The molecule has 1 heterocycles. The molecular weight excluding hydrogens is 495 g/mol. The van der Waals surface area contributed by atoms with Gasteiger partial charge in [-0.1, -0.05) is 18.2 Å². The third-order valence-corrected chi connectivity index (χ3v) is 8.01. The van der Waals surface area contributed by atoms with Crippen molar-refractivity contribution in [1.29, 1.82) is 0 Å². The van der Waals surface area contributed by atoms with Gasteiger partial charge in [-0.25, -0.2) is 18.0 Å². The molecule has 0 bridgehead atoms. The van der Waals surface area contributed by atoms with Crippen LogP contribution in [0, 0.1) is 11.2 Å². The first-order chi connectivity index (χ1) is 18.0. The van der Waals surface area contributed by atoms with Gasteiger partial charge in [0.15, 0.2) is 0 Å². The maximum Gasteiger partial charge on any atom is 0.324 e. The summed E-state index contributed by atoms with van der Waals surface area (Å²) in [7, 11) is 1.60. The van der Waals surface area contributed by atoms with E-state index in [0.717, 1.165) is 0 Å². The molecule has 0 spiro atoms. The lowest BCUT2D eigenvalue weighted by atomic mass is 9.72. The van der Waals surface area contributed by atoms with E-state index in [1.165, 1.54) is 41.0 Å². The number of anilines is 2. The number of piperidine rings is 1. The molecule has 0 N–H and O–H groups in total. The predicted molar refractivity (Wildman–Crippen MR) is 140 cm³/mol. The van der Waals surface area contributed by atoms with Gasteiger partial charge in [-0.05, 0) is 69.0 Å². The number of likely N-dealkylation sites (tertiary alicyclic amines) is 1. The summed E-state index contributed by atoms with van der Waals surface area (Å²) in [5, 5.41) is 0. The van der Waals surface area contributed by atoms with Gasteiger partial charge in [-0.2, -0.15) is 0 Å². The normalized spacial score (nSPS) is 20.4. The molecule has 0 radical (unpaired) electrons. The minimum absolute atomic E-state index is 0.102. The lowest BCUT2D eigenvalue weighted by molar-refractivity contribution is -0.135. The number of para-hydroxylation sites is 1. The molecular formula is C29H34F3N3O3. The fourth-order valence-electron chi connectivity index (χ4n) is 5.65. The van der Waals surface area contributed by atoms with Crippen LogP contribution in [0.15, 0.2) is 54.6 Å². The van der Waals surface area contributed by atoms with E-state index >= 15 is 0 Å². The molecule has 9 heteroatoms. The first-order valence-electron chi connectivity index (χ1n) is 13.1. The summed E-state index contributed by atoms with van der Waals surface area (Å²) in [4.78, 5) is 44.3. The van der Waals surface area contributed by atoms with E-state index in [1.807, 2.05) is 0 Å². The van der Waals surface area contributed by atoms with Crippen molar-refractivity contribution in [2.24, 2.45) is 5.41 Å². The Morgan fingerprint density at radius 3 is 2.16 bits per heavy atom. The number of nitrogens with zero attached hydrogens (tertiary/aromatic N) is 3. The molecule has 1 unspecified atom stereocenters. The van der Waals surface area contributed by atoms with Crippen LogP contribution in [0.3, 0.4) is 0 Å². The van der Waals surface area contributed by atoms with E-state index in [4.69, 9.17) is 0 Å². The molecule has 2 aromatic rings. The highest BCUT2D eigenvalue weighted by Crippen LogP contribution is 2.41. The Hall–Kier alpha value is -3.36. The predicted octanol–water partition coefficient (Wildman–Crippen LogP) is 6.05. The van der Waals surface area contributed by atoms with Gasteiger partial charge in [0.05, 0.1) is 0 Å². The standard InChI is InChI=1S/C29H34F3N3O3/c1-21(36)28(15-17-34(18-16-28)27(38)33(2)23-12-10-22(30)11-13-23)20-26(37)35(24-7-4-3-5-8-24)25-9-6-14-29(31,32)19-25/h3-5,7-8,10-13,25H,6,9,14-20H2,1-2H3. The minimum atomic E-state index is -2.84.